The SMILES string of the molecule is CCOc1ccccc1OCCCC(=O)Nc1cccc(C)n1. The fraction of sp³-hybridized carbons (Fsp3) is 0.333. The van der Waals surface area contributed by atoms with Crippen LogP contribution in [0.5, 0.6) is 11.5 Å². The molecule has 0 spiro atoms. The number of carbonyl (C=O) groups is 1. The summed E-state index contributed by atoms with van der Waals surface area (Å²) < 4.78 is 11.2. The number of hydrogen-bond donors (Lipinski definition) is 1. The lowest BCUT2D eigenvalue weighted by Gasteiger charge is -2.11. The molecule has 0 saturated carbocycles. The highest BCUT2D eigenvalue weighted by atomic mass is 16.5. The van der Waals surface area contributed by atoms with Crippen LogP contribution in [-0.4, -0.2) is 24.1 Å². The fourth-order valence-corrected chi connectivity index (χ4v) is 2.08. The van der Waals surface area contributed by atoms with Gasteiger partial charge in [-0.25, -0.2) is 4.98 Å². The average molecular weight is 314 g/mol. The Hall–Kier alpha value is -2.56. The van der Waals surface area contributed by atoms with Crippen molar-refractivity contribution >= 4 is 11.7 Å². The van der Waals surface area contributed by atoms with Gasteiger partial charge in [-0.05, 0) is 44.5 Å². The molecule has 0 aliphatic rings. The molecule has 2 aromatic rings. The van der Waals surface area contributed by atoms with Crippen molar-refractivity contribution < 1.29 is 14.3 Å². The minimum atomic E-state index is -0.0650. The van der Waals surface area contributed by atoms with Crippen LogP contribution in [0.15, 0.2) is 42.5 Å². The normalized spacial score (nSPS) is 10.2. The van der Waals surface area contributed by atoms with Gasteiger partial charge in [0.05, 0.1) is 13.2 Å². The van der Waals surface area contributed by atoms with Gasteiger partial charge < -0.3 is 14.8 Å². The standard InChI is InChI=1S/C18H22N2O3/c1-3-22-15-9-4-5-10-16(15)23-13-7-12-18(21)20-17-11-6-8-14(2)19-17/h4-6,8-11H,3,7,12-13H2,1-2H3,(H,19,20,21). The molecule has 0 unspecified atom stereocenters. The summed E-state index contributed by atoms with van der Waals surface area (Å²) in [4.78, 5) is 16.1. The Morgan fingerprint density at radius 1 is 1.09 bits per heavy atom. The van der Waals surface area contributed by atoms with Crippen molar-refractivity contribution in [3.05, 3.63) is 48.2 Å². The van der Waals surface area contributed by atoms with Crippen LogP contribution in [0.1, 0.15) is 25.5 Å². The third kappa shape index (κ3) is 5.62. The van der Waals surface area contributed by atoms with Crippen molar-refractivity contribution in [2.45, 2.75) is 26.7 Å². The van der Waals surface area contributed by atoms with Crippen LogP contribution in [-0.2, 0) is 4.79 Å². The van der Waals surface area contributed by atoms with Crippen molar-refractivity contribution in [1.29, 1.82) is 0 Å². The molecular weight excluding hydrogens is 292 g/mol. The monoisotopic (exact) mass is 314 g/mol. The number of hydrogen-bond acceptors (Lipinski definition) is 4. The fourth-order valence-electron chi connectivity index (χ4n) is 2.08. The number of anilines is 1. The van der Waals surface area contributed by atoms with E-state index in [4.69, 9.17) is 9.47 Å². The molecule has 0 fully saturated rings. The number of carbonyl (C=O) groups excluding carboxylic acids is 1. The van der Waals surface area contributed by atoms with E-state index in [1.165, 1.54) is 0 Å². The minimum absolute atomic E-state index is 0.0650. The van der Waals surface area contributed by atoms with Crippen LogP contribution in [0, 0.1) is 6.92 Å². The lowest BCUT2D eigenvalue weighted by molar-refractivity contribution is -0.116. The molecule has 5 nitrogen and oxygen atoms in total. The molecule has 1 aromatic heterocycles. The number of pyridine rings is 1. The molecule has 0 aliphatic heterocycles. The molecule has 1 N–H and O–H groups in total. The van der Waals surface area contributed by atoms with E-state index < -0.39 is 0 Å². The van der Waals surface area contributed by atoms with E-state index in [9.17, 15) is 4.79 Å². The Morgan fingerprint density at radius 3 is 2.52 bits per heavy atom. The first-order chi connectivity index (χ1) is 11.2. The van der Waals surface area contributed by atoms with E-state index in [1.807, 2.05) is 50.2 Å². The number of benzene rings is 1. The zero-order valence-corrected chi connectivity index (χ0v) is 13.5. The van der Waals surface area contributed by atoms with Gasteiger partial charge in [-0.15, -0.1) is 0 Å². The molecule has 1 heterocycles. The summed E-state index contributed by atoms with van der Waals surface area (Å²) in [6, 6.07) is 13.1. The van der Waals surface area contributed by atoms with E-state index in [2.05, 4.69) is 10.3 Å². The molecule has 1 aromatic carbocycles. The molecule has 122 valence electrons. The summed E-state index contributed by atoms with van der Waals surface area (Å²) >= 11 is 0. The van der Waals surface area contributed by atoms with E-state index >= 15 is 0 Å². The summed E-state index contributed by atoms with van der Waals surface area (Å²) in [5, 5.41) is 2.78. The van der Waals surface area contributed by atoms with E-state index in [0.717, 1.165) is 11.4 Å². The summed E-state index contributed by atoms with van der Waals surface area (Å²) in [6.07, 6.45) is 1.00. The van der Waals surface area contributed by atoms with E-state index in [1.54, 1.807) is 6.07 Å². The number of aryl methyl sites for hydroxylation is 1. The third-order valence-electron chi connectivity index (χ3n) is 3.11. The molecule has 5 heteroatoms. The van der Waals surface area contributed by atoms with Crippen LogP contribution >= 0.6 is 0 Å². The second-order valence-electron chi connectivity index (χ2n) is 5.04. The molecule has 0 aliphatic carbocycles. The highest BCUT2D eigenvalue weighted by Gasteiger charge is 2.06. The van der Waals surface area contributed by atoms with Crippen LogP contribution in [0.3, 0.4) is 0 Å². The molecule has 0 atom stereocenters. The lowest BCUT2D eigenvalue weighted by Crippen LogP contribution is -2.14. The van der Waals surface area contributed by atoms with Crippen molar-refractivity contribution in [1.82, 2.24) is 4.98 Å². The number of aromatic nitrogens is 1. The number of amides is 1. The first kappa shape index (κ1) is 16.8. The van der Waals surface area contributed by atoms with Gasteiger partial charge in [0.1, 0.15) is 5.82 Å². The smallest absolute Gasteiger partial charge is 0.225 e. The summed E-state index contributed by atoms with van der Waals surface area (Å²) in [6.45, 7) is 4.87. The number of para-hydroxylation sites is 2. The maximum absolute atomic E-state index is 11.9. The molecule has 0 radical (unpaired) electrons. The second kappa shape index (κ2) is 8.78. The van der Waals surface area contributed by atoms with Crippen molar-refractivity contribution in [2.24, 2.45) is 0 Å². The van der Waals surface area contributed by atoms with Crippen molar-refractivity contribution in [3.8, 4) is 11.5 Å². The maximum Gasteiger partial charge on any atom is 0.225 e. The van der Waals surface area contributed by atoms with Gasteiger partial charge in [0.15, 0.2) is 11.5 Å². The largest absolute Gasteiger partial charge is 0.490 e. The molecule has 2 rings (SSSR count). The number of nitrogens with zero attached hydrogens (tertiary/aromatic N) is 1. The van der Waals surface area contributed by atoms with Crippen LogP contribution < -0.4 is 14.8 Å². The summed E-state index contributed by atoms with van der Waals surface area (Å²) in [5.41, 5.74) is 0.874. The van der Waals surface area contributed by atoms with Crippen molar-refractivity contribution in [2.75, 3.05) is 18.5 Å². The van der Waals surface area contributed by atoms with Gasteiger partial charge in [0, 0.05) is 12.1 Å². The molecular formula is C18H22N2O3. The maximum atomic E-state index is 11.9. The van der Waals surface area contributed by atoms with Crippen LogP contribution in [0.4, 0.5) is 5.82 Å². The third-order valence-corrected chi connectivity index (χ3v) is 3.11. The predicted octanol–water partition coefficient (Wildman–Crippen LogP) is 3.59. The Bertz CT molecular complexity index is 644. The minimum Gasteiger partial charge on any atom is -0.490 e. The Balaban J connectivity index is 1.74. The first-order valence-corrected chi connectivity index (χ1v) is 7.77. The lowest BCUT2D eigenvalue weighted by atomic mass is 10.3. The number of ether oxygens (including phenoxy) is 2. The van der Waals surface area contributed by atoms with Crippen LogP contribution in [0.2, 0.25) is 0 Å². The van der Waals surface area contributed by atoms with Gasteiger partial charge in [0.2, 0.25) is 5.91 Å². The van der Waals surface area contributed by atoms with E-state index in [-0.39, 0.29) is 5.91 Å². The zero-order valence-electron chi connectivity index (χ0n) is 13.5. The summed E-state index contributed by atoms with van der Waals surface area (Å²) in [5.74, 6) is 1.95. The predicted molar refractivity (Wildman–Crippen MR) is 89.9 cm³/mol. The summed E-state index contributed by atoms with van der Waals surface area (Å²) in [7, 11) is 0. The molecule has 0 bridgehead atoms. The highest BCUT2D eigenvalue weighted by Crippen LogP contribution is 2.26. The zero-order chi connectivity index (χ0) is 16.5. The molecule has 23 heavy (non-hydrogen) atoms. The van der Waals surface area contributed by atoms with Gasteiger partial charge in [-0.1, -0.05) is 18.2 Å². The van der Waals surface area contributed by atoms with Crippen molar-refractivity contribution in [3.63, 3.8) is 0 Å². The topological polar surface area (TPSA) is 60.5 Å². The van der Waals surface area contributed by atoms with Crippen LogP contribution in [0.25, 0.3) is 0 Å². The Morgan fingerprint density at radius 2 is 1.83 bits per heavy atom. The van der Waals surface area contributed by atoms with Gasteiger partial charge in [-0.3, -0.25) is 4.79 Å². The molecule has 1 amide bonds. The number of rotatable bonds is 8. The van der Waals surface area contributed by atoms with Gasteiger partial charge in [0.25, 0.3) is 0 Å². The quantitative estimate of drug-likeness (QED) is 0.757. The highest BCUT2D eigenvalue weighted by molar-refractivity contribution is 5.89. The Labute approximate surface area is 136 Å². The molecule has 0 saturated heterocycles. The number of nitrogens with one attached hydrogen (secondary N) is 1. The second-order valence-corrected chi connectivity index (χ2v) is 5.04. The Kier molecular flexibility index (Phi) is 6.41. The average Bonchev–Trinajstić information content (AvgIpc) is 2.53. The first-order valence-electron chi connectivity index (χ1n) is 7.77. The van der Waals surface area contributed by atoms with Gasteiger partial charge >= 0.3 is 0 Å². The van der Waals surface area contributed by atoms with Gasteiger partial charge in [-0.2, -0.15) is 0 Å². The van der Waals surface area contributed by atoms with E-state index in [0.29, 0.717) is 37.6 Å².